The Morgan fingerprint density at radius 1 is 1.37 bits per heavy atom. The van der Waals surface area contributed by atoms with E-state index in [0.29, 0.717) is 22.8 Å². The molecule has 0 aliphatic rings. The van der Waals surface area contributed by atoms with Gasteiger partial charge in [-0.2, -0.15) is 0 Å². The molecule has 1 amide bonds. The number of benzene rings is 1. The lowest BCUT2D eigenvalue weighted by Crippen LogP contribution is -2.29. The Hall–Kier alpha value is -1.26. The number of nitrogen functional groups attached to an aromatic ring is 1. The third-order valence-electron chi connectivity index (χ3n) is 3.09. The number of nitrogens with one attached hydrogen (secondary N) is 1. The maximum atomic E-state index is 11.9. The normalized spacial score (nSPS) is 10.7. The molecule has 0 unspecified atom stereocenters. The highest BCUT2D eigenvalue weighted by Gasteiger charge is 2.07. The second kappa shape index (κ2) is 8.02. The van der Waals surface area contributed by atoms with Crippen LogP contribution in [0, 0.1) is 0 Å². The van der Waals surface area contributed by atoms with Crippen molar-refractivity contribution in [1.29, 1.82) is 0 Å². The van der Waals surface area contributed by atoms with Crippen molar-refractivity contribution in [3.8, 4) is 0 Å². The van der Waals surface area contributed by atoms with Crippen molar-refractivity contribution in [2.75, 3.05) is 31.9 Å². The van der Waals surface area contributed by atoms with Crippen LogP contribution in [-0.2, 0) is 0 Å². The molecule has 1 aromatic carbocycles. The van der Waals surface area contributed by atoms with Crippen LogP contribution < -0.4 is 11.1 Å². The summed E-state index contributed by atoms with van der Waals surface area (Å²) in [6, 6.07) is 4.92. The average Bonchev–Trinajstić information content (AvgIpc) is 2.42. The predicted molar refractivity (Wildman–Crippen MR) is 80.6 cm³/mol. The van der Waals surface area contributed by atoms with Gasteiger partial charge in [-0.15, -0.1) is 0 Å². The zero-order valence-electron chi connectivity index (χ0n) is 11.6. The fourth-order valence-electron chi connectivity index (χ4n) is 1.83. The molecule has 4 nitrogen and oxygen atoms in total. The van der Waals surface area contributed by atoms with Crippen LogP contribution in [0.3, 0.4) is 0 Å². The quantitative estimate of drug-likeness (QED) is 0.597. The molecule has 1 rings (SSSR count). The maximum absolute atomic E-state index is 11.9. The van der Waals surface area contributed by atoms with Crippen molar-refractivity contribution in [3.63, 3.8) is 0 Å². The molecule has 19 heavy (non-hydrogen) atoms. The molecule has 0 radical (unpaired) electrons. The minimum Gasteiger partial charge on any atom is -0.398 e. The van der Waals surface area contributed by atoms with E-state index < -0.39 is 0 Å². The minimum atomic E-state index is -0.108. The van der Waals surface area contributed by atoms with Crippen molar-refractivity contribution >= 4 is 23.2 Å². The summed E-state index contributed by atoms with van der Waals surface area (Å²) in [5.41, 5.74) is 6.64. The van der Waals surface area contributed by atoms with Gasteiger partial charge in [0.05, 0.1) is 10.7 Å². The van der Waals surface area contributed by atoms with E-state index in [4.69, 9.17) is 17.3 Å². The second-order valence-corrected chi connectivity index (χ2v) is 4.78. The molecular weight excluding hydrogens is 262 g/mol. The van der Waals surface area contributed by atoms with Gasteiger partial charge in [-0.3, -0.25) is 4.79 Å². The van der Waals surface area contributed by atoms with E-state index in [1.165, 1.54) is 0 Å². The van der Waals surface area contributed by atoms with Crippen LogP contribution in [0.15, 0.2) is 18.2 Å². The molecule has 1 aromatic rings. The van der Waals surface area contributed by atoms with Crippen LogP contribution in [0.1, 0.15) is 30.6 Å². The van der Waals surface area contributed by atoms with E-state index in [2.05, 4.69) is 24.1 Å². The zero-order chi connectivity index (χ0) is 14.3. The third-order valence-corrected chi connectivity index (χ3v) is 3.43. The number of nitrogens with two attached hydrogens (primary N) is 1. The number of hydrogen-bond acceptors (Lipinski definition) is 3. The van der Waals surface area contributed by atoms with E-state index in [1.807, 2.05) is 0 Å². The highest BCUT2D eigenvalue weighted by atomic mass is 35.5. The first kappa shape index (κ1) is 15.8. The van der Waals surface area contributed by atoms with E-state index >= 15 is 0 Å². The van der Waals surface area contributed by atoms with Gasteiger partial charge >= 0.3 is 0 Å². The lowest BCUT2D eigenvalue weighted by molar-refractivity contribution is 0.0952. The van der Waals surface area contributed by atoms with E-state index in [1.54, 1.807) is 18.2 Å². The molecule has 0 aromatic heterocycles. The lowest BCUT2D eigenvalue weighted by atomic mass is 10.2. The molecule has 3 N–H and O–H groups in total. The van der Waals surface area contributed by atoms with E-state index in [0.717, 1.165) is 26.1 Å². The van der Waals surface area contributed by atoms with Gasteiger partial charge in [-0.05, 0) is 44.3 Å². The van der Waals surface area contributed by atoms with Crippen LogP contribution in [0.25, 0.3) is 0 Å². The van der Waals surface area contributed by atoms with Gasteiger partial charge in [0, 0.05) is 12.1 Å². The highest BCUT2D eigenvalue weighted by molar-refractivity contribution is 6.33. The Bertz CT molecular complexity index is 419. The molecule has 0 bridgehead atoms. The number of anilines is 1. The Morgan fingerprint density at radius 2 is 2.05 bits per heavy atom. The third kappa shape index (κ3) is 5.09. The van der Waals surface area contributed by atoms with Gasteiger partial charge in [0.1, 0.15) is 0 Å². The summed E-state index contributed by atoms with van der Waals surface area (Å²) in [6.07, 6.45) is 0.941. The Balaban J connectivity index is 2.37. The smallest absolute Gasteiger partial charge is 0.251 e. The number of carbonyl (C=O) groups is 1. The number of hydrogen-bond donors (Lipinski definition) is 2. The molecule has 0 aliphatic carbocycles. The first-order valence-electron chi connectivity index (χ1n) is 6.64. The summed E-state index contributed by atoms with van der Waals surface area (Å²) >= 11 is 5.82. The van der Waals surface area contributed by atoms with E-state index in [9.17, 15) is 4.79 Å². The maximum Gasteiger partial charge on any atom is 0.251 e. The molecule has 0 atom stereocenters. The number of rotatable bonds is 7. The van der Waals surface area contributed by atoms with Crippen molar-refractivity contribution in [2.45, 2.75) is 20.3 Å². The van der Waals surface area contributed by atoms with Crippen molar-refractivity contribution in [1.82, 2.24) is 10.2 Å². The van der Waals surface area contributed by atoms with Gasteiger partial charge < -0.3 is 16.0 Å². The van der Waals surface area contributed by atoms with Crippen LogP contribution in [0.2, 0.25) is 5.02 Å². The monoisotopic (exact) mass is 283 g/mol. The first-order chi connectivity index (χ1) is 9.08. The summed E-state index contributed by atoms with van der Waals surface area (Å²) in [7, 11) is 0. The molecule has 106 valence electrons. The minimum absolute atomic E-state index is 0.108. The van der Waals surface area contributed by atoms with Crippen LogP contribution in [0.4, 0.5) is 5.69 Å². The van der Waals surface area contributed by atoms with Gasteiger partial charge in [0.2, 0.25) is 0 Å². The Kier molecular flexibility index (Phi) is 6.67. The fourth-order valence-corrected chi connectivity index (χ4v) is 1.95. The second-order valence-electron chi connectivity index (χ2n) is 4.37. The van der Waals surface area contributed by atoms with Crippen LogP contribution >= 0.6 is 11.6 Å². The van der Waals surface area contributed by atoms with Crippen LogP contribution in [-0.4, -0.2) is 37.0 Å². The average molecular weight is 284 g/mol. The first-order valence-corrected chi connectivity index (χ1v) is 7.01. The molecule has 0 heterocycles. The number of amides is 1. The van der Waals surface area contributed by atoms with Gasteiger partial charge in [-0.1, -0.05) is 25.4 Å². The van der Waals surface area contributed by atoms with Crippen molar-refractivity contribution < 1.29 is 4.79 Å². The molecular formula is C14H22ClN3O. The van der Waals surface area contributed by atoms with E-state index in [-0.39, 0.29) is 5.91 Å². The summed E-state index contributed by atoms with van der Waals surface area (Å²) < 4.78 is 0. The highest BCUT2D eigenvalue weighted by Crippen LogP contribution is 2.19. The van der Waals surface area contributed by atoms with Gasteiger partial charge in [0.25, 0.3) is 5.91 Å². The standard InChI is InChI=1S/C14H22ClN3O/c1-3-18(4-2)9-5-8-17-14(19)11-6-7-12(15)13(16)10-11/h6-7,10H,3-5,8-9,16H2,1-2H3,(H,17,19). The molecule has 0 fully saturated rings. The lowest BCUT2D eigenvalue weighted by Gasteiger charge is -2.17. The number of nitrogens with zero attached hydrogens (tertiary/aromatic N) is 1. The Morgan fingerprint density at radius 3 is 2.63 bits per heavy atom. The molecule has 0 saturated carbocycles. The topological polar surface area (TPSA) is 58.4 Å². The Labute approximate surface area is 119 Å². The van der Waals surface area contributed by atoms with Gasteiger partial charge in [-0.25, -0.2) is 0 Å². The van der Waals surface area contributed by atoms with Crippen LogP contribution in [0.5, 0.6) is 0 Å². The molecule has 0 aliphatic heterocycles. The SMILES string of the molecule is CCN(CC)CCCNC(=O)c1ccc(Cl)c(N)c1. The summed E-state index contributed by atoms with van der Waals surface area (Å²) in [5.74, 6) is -0.108. The van der Waals surface area contributed by atoms with Crippen molar-refractivity contribution in [2.24, 2.45) is 0 Å². The molecule has 0 saturated heterocycles. The summed E-state index contributed by atoms with van der Waals surface area (Å²) in [6.45, 7) is 8.02. The molecule has 5 heteroatoms. The summed E-state index contributed by atoms with van der Waals surface area (Å²) in [5, 5.41) is 3.36. The molecule has 0 spiro atoms. The van der Waals surface area contributed by atoms with Gasteiger partial charge in [0.15, 0.2) is 0 Å². The summed E-state index contributed by atoms with van der Waals surface area (Å²) in [4.78, 5) is 14.2. The zero-order valence-corrected chi connectivity index (χ0v) is 12.3. The van der Waals surface area contributed by atoms with Crippen molar-refractivity contribution in [3.05, 3.63) is 28.8 Å². The largest absolute Gasteiger partial charge is 0.398 e. The number of halogens is 1. The fraction of sp³-hybridized carbons (Fsp3) is 0.500. The number of carbonyl (C=O) groups excluding carboxylic acids is 1. The predicted octanol–water partition coefficient (Wildman–Crippen LogP) is 2.38.